The van der Waals surface area contributed by atoms with Crippen molar-refractivity contribution in [3.05, 3.63) is 24.3 Å². The number of likely N-dealkylation sites (tertiary alicyclic amines) is 1. The van der Waals surface area contributed by atoms with E-state index in [2.05, 4.69) is 6.92 Å². The van der Waals surface area contributed by atoms with Crippen LogP contribution in [0.25, 0.3) is 0 Å². The van der Waals surface area contributed by atoms with Gasteiger partial charge in [-0.2, -0.15) is 0 Å². The molecule has 0 bridgehead atoms. The predicted molar refractivity (Wildman–Crippen MR) is 118 cm³/mol. The van der Waals surface area contributed by atoms with Crippen LogP contribution in [-0.4, -0.2) is 94.1 Å². The van der Waals surface area contributed by atoms with Gasteiger partial charge in [-0.1, -0.05) is 44.6 Å². The van der Waals surface area contributed by atoms with Crippen molar-refractivity contribution in [2.75, 3.05) is 32.8 Å². The smallest absolute Gasteiger partial charge is 0.249 e. The monoisotopic (exact) mass is 445 g/mol. The van der Waals surface area contributed by atoms with Crippen molar-refractivity contribution >= 4 is 17.7 Å². The van der Waals surface area contributed by atoms with Crippen LogP contribution >= 0.6 is 0 Å². The van der Waals surface area contributed by atoms with E-state index in [9.17, 15) is 19.5 Å². The molecule has 3 amide bonds. The Hall–Kier alpha value is -2.19. The molecule has 4 rings (SSSR count). The fourth-order valence-corrected chi connectivity index (χ4v) is 5.76. The number of carbonyl (C=O) groups excluding carboxylic acids is 3. The van der Waals surface area contributed by atoms with Crippen molar-refractivity contribution in [2.45, 2.75) is 63.8 Å². The molecule has 6 atom stereocenters. The molecule has 4 heterocycles. The maximum Gasteiger partial charge on any atom is 0.249 e. The molecule has 32 heavy (non-hydrogen) atoms. The van der Waals surface area contributed by atoms with Crippen molar-refractivity contribution in [3.63, 3.8) is 0 Å². The number of ether oxygens (including phenoxy) is 1. The van der Waals surface area contributed by atoms with Gasteiger partial charge in [0.2, 0.25) is 17.7 Å². The summed E-state index contributed by atoms with van der Waals surface area (Å²) in [6, 6.07) is -1.44. The molecule has 4 aliphatic heterocycles. The maximum absolute atomic E-state index is 13.8. The van der Waals surface area contributed by atoms with E-state index in [1.54, 1.807) is 16.7 Å². The Labute approximate surface area is 189 Å². The van der Waals surface area contributed by atoms with Gasteiger partial charge in [0, 0.05) is 26.2 Å². The van der Waals surface area contributed by atoms with E-state index in [1.165, 1.54) is 4.90 Å². The van der Waals surface area contributed by atoms with Crippen molar-refractivity contribution in [1.29, 1.82) is 0 Å². The van der Waals surface area contributed by atoms with Crippen LogP contribution in [0.5, 0.6) is 0 Å². The van der Waals surface area contributed by atoms with Gasteiger partial charge in [0.15, 0.2) is 0 Å². The quantitative estimate of drug-likeness (QED) is 0.590. The Morgan fingerprint density at radius 1 is 1.06 bits per heavy atom. The van der Waals surface area contributed by atoms with E-state index >= 15 is 0 Å². The molecular weight excluding hydrogens is 410 g/mol. The highest BCUT2D eigenvalue weighted by Gasteiger charge is 2.72. The molecule has 0 aromatic heterocycles. The third-order valence-corrected chi connectivity index (χ3v) is 7.28. The van der Waals surface area contributed by atoms with Crippen LogP contribution in [-0.2, 0) is 19.1 Å². The van der Waals surface area contributed by atoms with Crippen LogP contribution in [0.1, 0.15) is 40.0 Å². The number of unbranched alkanes of at least 4 members (excludes halogenated alkanes) is 1. The molecule has 1 unspecified atom stereocenters. The van der Waals surface area contributed by atoms with Gasteiger partial charge in [-0.05, 0) is 19.8 Å². The number of amides is 3. The fourth-order valence-electron chi connectivity index (χ4n) is 5.76. The number of carbonyl (C=O) groups is 3. The lowest BCUT2D eigenvalue weighted by Gasteiger charge is -2.37. The van der Waals surface area contributed by atoms with E-state index in [-0.39, 0.29) is 24.3 Å². The minimum Gasteiger partial charge on any atom is -0.394 e. The third-order valence-electron chi connectivity index (χ3n) is 7.28. The minimum absolute atomic E-state index is 0.0951. The molecule has 2 saturated heterocycles. The van der Waals surface area contributed by atoms with Gasteiger partial charge >= 0.3 is 0 Å². The van der Waals surface area contributed by atoms with E-state index in [1.807, 2.05) is 31.2 Å². The van der Waals surface area contributed by atoms with Crippen LogP contribution in [0.3, 0.4) is 0 Å². The summed E-state index contributed by atoms with van der Waals surface area (Å²) in [7, 11) is 0. The second-order valence-corrected chi connectivity index (χ2v) is 9.37. The lowest BCUT2D eigenvalue weighted by molar-refractivity contribution is -0.150. The predicted octanol–water partition coefficient (Wildman–Crippen LogP) is 0.955. The highest BCUT2D eigenvalue weighted by Crippen LogP contribution is 2.53. The van der Waals surface area contributed by atoms with Crippen LogP contribution in [0.2, 0.25) is 0 Å². The summed E-state index contributed by atoms with van der Waals surface area (Å²) in [5.74, 6) is -2.00. The molecule has 1 N–H and O–H groups in total. The molecule has 0 radical (unpaired) electrons. The van der Waals surface area contributed by atoms with Crippen LogP contribution in [0.15, 0.2) is 24.3 Å². The maximum atomic E-state index is 13.8. The number of aliphatic hydroxyl groups excluding tert-OH is 1. The Kier molecular flexibility index (Phi) is 6.45. The largest absolute Gasteiger partial charge is 0.394 e. The van der Waals surface area contributed by atoms with Gasteiger partial charge in [0.1, 0.15) is 11.6 Å². The van der Waals surface area contributed by atoms with Crippen LogP contribution < -0.4 is 0 Å². The first-order valence-electron chi connectivity index (χ1n) is 11.9. The summed E-state index contributed by atoms with van der Waals surface area (Å²) in [5.41, 5.74) is -1.21. The molecule has 8 heteroatoms. The summed E-state index contributed by atoms with van der Waals surface area (Å²) in [6.07, 6.45) is 9.67. The number of nitrogens with zero attached hydrogens (tertiary/aromatic N) is 3. The van der Waals surface area contributed by atoms with Crippen LogP contribution in [0, 0.1) is 11.8 Å². The minimum atomic E-state index is -1.21. The molecule has 2 fully saturated rings. The molecule has 0 aromatic carbocycles. The number of hydrogen-bond donors (Lipinski definition) is 1. The molecule has 0 aromatic rings. The fraction of sp³-hybridized carbons (Fsp3) is 0.708. The standard InChI is InChI=1S/C24H35N3O5/c1-4-6-12-26-14-8-10-24-19(22(30)27(16(3)15-28)20(24)23(26)31)18-17(32-24)9-7-13-25(11-5-2)21(18)29/h7-10,16-20,28H,4-6,11-15H2,1-3H3/t16-,17-,18+,19+,20?,24+/m1/s1. The summed E-state index contributed by atoms with van der Waals surface area (Å²) in [5, 5.41) is 9.91. The molecule has 8 nitrogen and oxygen atoms in total. The molecule has 0 aliphatic carbocycles. The van der Waals surface area contributed by atoms with Crippen molar-refractivity contribution in [1.82, 2.24) is 14.7 Å². The van der Waals surface area contributed by atoms with Crippen molar-refractivity contribution in [3.8, 4) is 0 Å². The first-order chi connectivity index (χ1) is 15.4. The summed E-state index contributed by atoms with van der Waals surface area (Å²) < 4.78 is 6.54. The highest BCUT2D eigenvalue weighted by atomic mass is 16.5. The summed E-state index contributed by atoms with van der Waals surface area (Å²) in [6.45, 7) is 7.72. The van der Waals surface area contributed by atoms with Crippen molar-refractivity contribution in [2.24, 2.45) is 11.8 Å². The Morgan fingerprint density at radius 2 is 1.78 bits per heavy atom. The van der Waals surface area contributed by atoms with E-state index < -0.39 is 35.6 Å². The zero-order valence-electron chi connectivity index (χ0n) is 19.3. The van der Waals surface area contributed by atoms with Crippen LogP contribution in [0.4, 0.5) is 0 Å². The van der Waals surface area contributed by atoms with Crippen molar-refractivity contribution < 1.29 is 24.2 Å². The van der Waals surface area contributed by atoms with E-state index in [0.29, 0.717) is 26.2 Å². The second kappa shape index (κ2) is 8.98. The van der Waals surface area contributed by atoms with Gasteiger partial charge in [-0.15, -0.1) is 0 Å². The Morgan fingerprint density at radius 3 is 2.47 bits per heavy atom. The molecular formula is C24H35N3O5. The summed E-state index contributed by atoms with van der Waals surface area (Å²) in [4.78, 5) is 46.2. The number of rotatable bonds is 7. The molecule has 1 spiro atoms. The SMILES string of the molecule is CCCCN1CC=C[C@]23O[C@@H]4C=CCN(CCC)C(=O)[C@@H]4[C@H]2C(=O)N([C@H](C)CO)C3C1=O. The van der Waals surface area contributed by atoms with Gasteiger partial charge in [-0.3, -0.25) is 14.4 Å². The first-order valence-corrected chi connectivity index (χ1v) is 11.9. The molecule has 0 saturated carbocycles. The van der Waals surface area contributed by atoms with E-state index in [0.717, 1.165) is 19.3 Å². The third kappa shape index (κ3) is 3.39. The number of aliphatic hydroxyl groups is 1. The highest BCUT2D eigenvalue weighted by molar-refractivity contribution is 6.00. The Bertz CT molecular complexity index is 826. The average Bonchev–Trinajstić information content (AvgIpc) is 3.11. The van der Waals surface area contributed by atoms with Gasteiger partial charge < -0.3 is 24.5 Å². The van der Waals surface area contributed by atoms with Gasteiger partial charge in [-0.25, -0.2) is 0 Å². The van der Waals surface area contributed by atoms with Gasteiger partial charge in [0.25, 0.3) is 0 Å². The second-order valence-electron chi connectivity index (χ2n) is 9.37. The molecule has 176 valence electrons. The Balaban J connectivity index is 1.79. The number of hydrogen-bond acceptors (Lipinski definition) is 5. The normalized spacial score (nSPS) is 35.0. The van der Waals surface area contributed by atoms with E-state index in [4.69, 9.17) is 4.74 Å². The first kappa shape index (κ1) is 23.0. The molecule has 4 aliphatic rings. The zero-order chi connectivity index (χ0) is 23.0. The average molecular weight is 446 g/mol. The summed E-state index contributed by atoms with van der Waals surface area (Å²) >= 11 is 0. The van der Waals surface area contributed by atoms with Gasteiger partial charge in [0.05, 0.1) is 30.6 Å². The number of fused-ring (bicyclic) bond motifs is 2. The zero-order valence-corrected chi connectivity index (χ0v) is 19.3. The lowest BCUT2D eigenvalue weighted by atomic mass is 9.77. The topological polar surface area (TPSA) is 90.4 Å². The lowest BCUT2D eigenvalue weighted by Crippen LogP contribution is -2.57.